The lowest BCUT2D eigenvalue weighted by Gasteiger charge is -2.27. The number of nitrogens with zero attached hydrogens (tertiary/aromatic N) is 1. The van der Waals surface area contributed by atoms with Gasteiger partial charge in [-0.1, -0.05) is 12.1 Å². The third-order valence-corrected chi connectivity index (χ3v) is 3.73. The smallest absolute Gasteiger partial charge is 0.234 e. The third kappa shape index (κ3) is 4.46. The van der Waals surface area contributed by atoms with Crippen LogP contribution in [0.25, 0.3) is 0 Å². The van der Waals surface area contributed by atoms with Crippen LogP contribution in [-0.2, 0) is 4.79 Å². The number of amides is 1. The molecule has 2 rings (SSSR count). The highest BCUT2D eigenvalue weighted by Gasteiger charge is 2.28. The van der Waals surface area contributed by atoms with Gasteiger partial charge in [0.05, 0.1) is 13.7 Å². The number of benzene rings is 1. The fourth-order valence-electron chi connectivity index (χ4n) is 2.86. The van der Waals surface area contributed by atoms with Crippen LogP contribution >= 0.6 is 0 Å². The van der Waals surface area contributed by atoms with Gasteiger partial charge in [-0.15, -0.1) is 0 Å². The lowest BCUT2D eigenvalue weighted by molar-refractivity contribution is -0.123. The Kier molecular flexibility index (Phi) is 4.88. The molecule has 1 N–H and O–H groups in total. The first-order valence-corrected chi connectivity index (χ1v) is 7.58. The Hall–Kier alpha value is -1.55. The van der Waals surface area contributed by atoms with Crippen molar-refractivity contribution in [2.75, 3.05) is 20.2 Å². The highest BCUT2D eigenvalue weighted by atomic mass is 16.5. The van der Waals surface area contributed by atoms with Gasteiger partial charge in [-0.25, -0.2) is 0 Å². The number of nitrogens with one attached hydrogen (secondary N) is 1. The summed E-state index contributed by atoms with van der Waals surface area (Å²) in [6, 6.07) is 8.51. The summed E-state index contributed by atoms with van der Waals surface area (Å²) < 4.78 is 5.20. The topological polar surface area (TPSA) is 41.6 Å². The van der Waals surface area contributed by atoms with Gasteiger partial charge >= 0.3 is 0 Å². The number of rotatable bonds is 4. The van der Waals surface area contributed by atoms with Crippen LogP contribution in [0.5, 0.6) is 5.75 Å². The molecule has 1 aromatic rings. The van der Waals surface area contributed by atoms with Gasteiger partial charge < -0.3 is 10.1 Å². The highest BCUT2D eigenvalue weighted by molar-refractivity contribution is 5.78. The standard InChI is InChI=1S/C17H26N2O2/c1-17(2,3)18-16(20)12-19-11-5-6-15(19)13-7-9-14(21-4)10-8-13/h7-10,15H,5-6,11-12H2,1-4H3,(H,18,20). The van der Waals surface area contributed by atoms with E-state index in [4.69, 9.17) is 4.74 Å². The van der Waals surface area contributed by atoms with Crippen LogP contribution in [0.15, 0.2) is 24.3 Å². The normalized spacial score (nSPS) is 19.5. The summed E-state index contributed by atoms with van der Waals surface area (Å²) in [7, 11) is 1.67. The first-order chi connectivity index (χ1) is 9.89. The molecule has 1 aromatic carbocycles. The monoisotopic (exact) mass is 290 g/mol. The van der Waals surface area contributed by atoms with E-state index in [0.717, 1.165) is 25.1 Å². The molecule has 1 saturated heterocycles. The van der Waals surface area contributed by atoms with Crippen LogP contribution in [0.1, 0.15) is 45.2 Å². The molecule has 0 aliphatic carbocycles. The average molecular weight is 290 g/mol. The molecule has 0 saturated carbocycles. The molecule has 0 radical (unpaired) electrons. The van der Waals surface area contributed by atoms with Crippen molar-refractivity contribution >= 4 is 5.91 Å². The van der Waals surface area contributed by atoms with Gasteiger partial charge in [-0.05, 0) is 57.9 Å². The second-order valence-corrected chi connectivity index (χ2v) is 6.70. The molecule has 1 fully saturated rings. The Balaban J connectivity index is 2.01. The molecule has 1 heterocycles. The van der Waals surface area contributed by atoms with Crippen molar-refractivity contribution < 1.29 is 9.53 Å². The van der Waals surface area contributed by atoms with Gasteiger partial charge in [0.2, 0.25) is 5.91 Å². The molecule has 21 heavy (non-hydrogen) atoms. The van der Waals surface area contributed by atoms with Crippen LogP contribution < -0.4 is 10.1 Å². The zero-order valence-electron chi connectivity index (χ0n) is 13.5. The molecule has 116 valence electrons. The lowest BCUT2D eigenvalue weighted by Crippen LogP contribution is -2.45. The Labute approximate surface area is 127 Å². The number of methoxy groups -OCH3 is 1. The maximum absolute atomic E-state index is 12.1. The Bertz CT molecular complexity index is 477. The summed E-state index contributed by atoms with van der Waals surface area (Å²) in [6.07, 6.45) is 2.24. The van der Waals surface area contributed by atoms with Gasteiger partial charge in [0.25, 0.3) is 0 Å². The SMILES string of the molecule is COc1ccc(C2CCCN2CC(=O)NC(C)(C)C)cc1. The maximum atomic E-state index is 12.1. The van der Waals surface area contributed by atoms with Gasteiger partial charge in [-0.2, -0.15) is 0 Å². The first-order valence-electron chi connectivity index (χ1n) is 7.58. The molecule has 1 aliphatic heterocycles. The van der Waals surface area contributed by atoms with Crippen molar-refractivity contribution in [1.82, 2.24) is 10.2 Å². The van der Waals surface area contributed by atoms with Crippen LogP contribution in [0.3, 0.4) is 0 Å². The van der Waals surface area contributed by atoms with Crippen molar-refractivity contribution in [3.05, 3.63) is 29.8 Å². The first kappa shape index (κ1) is 15.8. The van der Waals surface area contributed by atoms with E-state index in [1.165, 1.54) is 5.56 Å². The second kappa shape index (κ2) is 6.48. The fraction of sp³-hybridized carbons (Fsp3) is 0.588. The van der Waals surface area contributed by atoms with Gasteiger partial charge in [-0.3, -0.25) is 9.69 Å². The molecular weight excluding hydrogens is 264 g/mol. The van der Waals surface area contributed by atoms with Crippen molar-refractivity contribution in [2.24, 2.45) is 0 Å². The second-order valence-electron chi connectivity index (χ2n) is 6.70. The Morgan fingerprint density at radius 1 is 1.33 bits per heavy atom. The molecule has 0 bridgehead atoms. The molecule has 1 atom stereocenters. The highest BCUT2D eigenvalue weighted by Crippen LogP contribution is 2.32. The summed E-state index contributed by atoms with van der Waals surface area (Å²) in [5, 5.41) is 3.04. The minimum absolute atomic E-state index is 0.0999. The molecule has 0 spiro atoms. The predicted octanol–water partition coefficient (Wildman–Crippen LogP) is 2.75. The van der Waals surface area contributed by atoms with E-state index >= 15 is 0 Å². The van der Waals surface area contributed by atoms with Gasteiger partial charge in [0.1, 0.15) is 5.75 Å². The minimum atomic E-state index is -0.174. The number of hydrogen-bond acceptors (Lipinski definition) is 3. The van der Waals surface area contributed by atoms with E-state index in [-0.39, 0.29) is 11.4 Å². The summed E-state index contributed by atoms with van der Waals surface area (Å²) in [5.41, 5.74) is 1.09. The zero-order chi connectivity index (χ0) is 15.5. The molecule has 4 nitrogen and oxygen atoms in total. The van der Waals surface area contributed by atoms with Gasteiger partial charge in [0, 0.05) is 11.6 Å². The van der Waals surface area contributed by atoms with E-state index in [9.17, 15) is 4.79 Å². The number of likely N-dealkylation sites (tertiary alicyclic amines) is 1. The number of carbonyl (C=O) groups excluding carboxylic acids is 1. The number of ether oxygens (including phenoxy) is 1. The zero-order valence-corrected chi connectivity index (χ0v) is 13.5. The molecule has 0 aromatic heterocycles. The van der Waals surface area contributed by atoms with Crippen molar-refractivity contribution in [2.45, 2.75) is 45.2 Å². The summed E-state index contributed by atoms with van der Waals surface area (Å²) in [4.78, 5) is 14.4. The van der Waals surface area contributed by atoms with Crippen LogP contribution in [0, 0.1) is 0 Å². The Morgan fingerprint density at radius 3 is 2.57 bits per heavy atom. The van der Waals surface area contributed by atoms with E-state index < -0.39 is 0 Å². The summed E-state index contributed by atoms with van der Waals surface area (Å²) in [5.74, 6) is 0.969. The number of carbonyl (C=O) groups is 1. The summed E-state index contributed by atoms with van der Waals surface area (Å²) in [6.45, 7) is 7.48. The Morgan fingerprint density at radius 2 is 2.00 bits per heavy atom. The quantitative estimate of drug-likeness (QED) is 0.927. The van der Waals surface area contributed by atoms with Crippen LogP contribution in [0.4, 0.5) is 0 Å². The average Bonchev–Trinajstić information content (AvgIpc) is 2.84. The van der Waals surface area contributed by atoms with E-state index in [1.807, 2.05) is 32.9 Å². The molecule has 4 heteroatoms. The van der Waals surface area contributed by atoms with Gasteiger partial charge in [0.15, 0.2) is 0 Å². The largest absolute Gasteiger partial charge is 0.497 e. The van der Waals surface area contributed by atoms with Crippen molar-refractivity contribution in [3.63, 3.8) is 0 Å². The summed E-state index contributed by atoms with van der Waals surface area (Å²) >= 11 is 0. The predicted molar refractivity (Wildman–Crippen MR) is 84.4 cm³/mol. The number of hydrogen-bond donors (Lipinski definition) is 1. The van der Waals surface area contributed by atoms with Crippen LogP contribution in [0.2, 0.25) is 0 Å². The van der Waals surface area contributed by atoms with Crippen LogP contribution in [-0.4, -0.2) is 36.5 Å². The van der Waals surface area contributed by atoms with E-state index in [2.05, 4.69) is 22.3 Å². The van der Waals surface area contributed by atoms with Crippen molar-refractivity contribution in [1.29, 1.82) is 0 Å². The lowest BCUT2D eigenvalue weighted by atomic mass is 10.0. The van der Waals surface area contributed by atoms with Crippen molar-refractivity contribution in [3.8, 4) is 5.75 Å². The molecule has 1 unspecified atom stereocenters. The minimum Gasteiger partial charge on any atom is -0.497 e. The van der Waals surface area contributed by atoms with E-state index in [1.54, 1.807) is 7.11 Å². The third-order valence-electron chi connectivity index (χ3n) is 3.73. The maximum Gasteiger partial charge on any atom is 0.234 e. The molecule has 1 aliphatic rings. The van der Waals surface area contributed by atoms with E-state index in [0.29, 0.717) is 12.6 Å². The fourth-order valence-corrected chi connectivity index (χ4v) is 2.86. The molecule has 1 amide bonds. The molecular formula is C17H26N2O2.